The molecule has 0 bridgehead atoms. The van der Waals surface area contributed by atoms with Crippen LogP contribution in [0.5, 0.6) is 0 Å². The Balaban J connectivity index is 1.89. The van der Waals surface area contributed by atoms with Crippen LogP contribution < -0.4 is 5.32 Å². The Kier molecular flexibility index (Phi) is 3.53. The van der Waals surface area contributed by atoms with Crippen molar-refractivity contribution in [3.63, 3.8) is 0 Å². The normalized spacial score (nSPS) is 11.0. The molecule has 0 aliphatic heterocycles. The summed E-state index contributed by atoms with van der Waals surface area (Å²) in [5.41, 5.74) is 2.34. The minimum atomic E-state index is 0.582. The molecule has 1 N–H and O–H groups in total. The first-order valence-corrected chi connectivity index (χ1v) is 5.70. The minimum absolute atomic E-state index is 0.582. The van der Waals surface area contributed by atoms with Crippen LogP contribution in [0.2, 0.25) is 0 Å². The Hall–Kier alpha value is -1.69. The van der Waals surface area contributed by atoms with Gasteiger partial charge in [0.1, 0.15) is 0 Å². The molecule has 0 amide bonds. The molecule has 17 heavy (non-hydrogen) atoms. The molecule has 92 valence electrons. The summed E-state index contributed by atoms with van der Waals surface area (Å²) in [6, 6.07) is 0. The van der Waals surface area contributed by atoms with Crippen molar-refractivity contribution >= 4 is 0 Å². The first kappa shape index (κ1) is 11.8. The molecule has 6 nitrogen and oxygen atoms in total. The van der Waals surface area contributed by atoms with Gasteiger partial charge in [0.2, 0.25) is 5.89 Å². The van der Waals surface area contributed by atoms with Crippen LogP contribution in [0.3, 0.4) is 0 Å². The zero-order valence-corrected chi connectivity index (χ0v) is 10.4. The van der Waals surface area contributed by atoms with Crippen LogP contribution >= 0.6 is 0 Å². The molecule has 2 aromatic heterocycles. The fourth-order valence-electron chi connectivity index (χ4n) is 1.74. The van der Waals surface area contributed by atoms with E-state index in [1.165, 1.54) is 5.56 Å². The summed E-state index contributed by atoms with van der Waals surface area (Å²) in [5, 5.41) is 11.4. The zero-order valence-electron chi connectivity index (χ0n) is 10.4. The van der Waals surface area contributed by atoms with Gasteiger partial charge in [-0.15, -0.1) is 0 Å². The fourth-order valence-corrected chi connectivity index (χ4v) is 1.74. The van der Waals surface area contributed by atoms with Crippen LogP contribution in [-0.2, 0) is 26.6 Å². The van der Waals surface area contributed by atoms with E-state index in [2.05, 4.69) is 27.5 Å². The monoisotopic (exact) mass is 235 g/mol. The van der Waals surface area contributed by atoms with Crippen LogP contribution in [0, 0.1) is 6.92 Å². The molecule has 0 aliphatic carbocycles. The molecule has 0 saturated heterocycles. The number of rotatable bonds is 5. The van der Waals surface area contributed by atoms with Gasteiger partial charge in [-0.25, -0.2) is 0 Å². The van der Waals surface area contributed by atoms with Crippen LogP contribution in [0.4, 0.5) is 0 Å². The molecular weight excluding hydrogens is 218 g/mol. The first-order valence-electron chi connectivity index (χ1n) is 5.70. The van der Waals surface area contributed by atoms with Crippen molar-refractivity contribution in [1.82, 2.24) is 25.2 Å². The molecule has 0 fully saturated rings. The third kappa shape index (κ3) is 2.91. The van der Waals surface area contributed by atoms with E-state index in [1.54, 1.807) is 0 Å². The summed E-state index contributed by atoms with van der Waals surface area (Å²) in [7, 11) is 1.93. The predicted octanol–water partition coefficient (Wildman–Crippen LogP) is 0.964. The molecule has 6 heteroatoms. The van der Waals surface area contributed by atoms with Crippen molar-refractivity contribution in [2.45, 2.75) is 33.4 Å². The Morgan fingerprint density at radius 1 is 1.41 bits per heavy atom. The van der Waals surface area contributed by atoms with E-state index >= 15 is 0 Å². The number of nitrogens with one attached hydrogen (secondary N) is 1. The molecular formula is C11H17N5O. The maximum absolute atomic E-state index is 5.02. The van der Waals surface area contributed by atoms with E-state index in [0.717, 1.165) is 18.7 Å². The molecule has 0 unspecified atom stereocenters. The largest absolute Gasteiger partial charge is 0.338 e. The Morgan fingerprint density at radius 3 is 2.88 bits per heavy atom. The molecule has 0 saturated carbocycles. The second-order valence-electron chi connectivity index (χ2n) is 3.97. The first-order chi connectivity index (χ1) is 8.19. The maximum Gasteiger partial charge on any atom is 0.240 e. The summed E-state index contributed by atoms with van der Waals surface area (Å²) in [4.78, 5) is 4.13. The molecule has 0 aromatic carbocycles. The highest BCUT2D eigenvalue weighted by atomic mass is 16.5. The van der Waals surface area contributed by atoms with Gasteiger partial charge in [-0.05, 0) is 13.3 Å². The summed E-state index contributed by atoms with van der Waals surface area (Å²) >= 11 is 0. The van der Waals surface area contributed by atoms with Crippen molar-refractivity contribution < 1.29 is 4.52 Å². The van der Waals surface area contributed by atoms with E-state index in [4.69, 9.17) is 4.52 Å². The number of aryl methyl sites for hydroxylation is 3. The van der Waals surface area contributed by atoms with Crippen molar-refractivity contribution in [3.8, 4) is 0 Å². The third-order valence-electron chi connectivity index (χ3n) is 2.49. The molecule has 2 aromatic rings. The molecule has 2 rings (SSSR count). The smallest absolute Gasteiger partial charge is 0.240 e. The minimum Gasteiger partial charge on any atom is -0.338 e. The van der Waals surface area contributed by atoms with Crippen LogP contribution in [0.25, 0.3) is 0 Å². The van der Waals surface area contributed by atoms with E-state index in [-0.39, 0.29) is 0 Å². The van der Waals surface area contributed by atoms with Crippen molar-refractivity contribution in [3.05, 3.63) is 29.2 Å². The van der Waals surface area contributed by atoms with Gasteiger partial charge in [0.05, 0.1) is 12.2 Å². The van der Waals surface area contributed by atoms with E-state index in [0.29, 0.717) is 18.3 Å². The van der Waals surface area contributed by atoms with Gasteiger partial charge in [0.25, 0.3) is 0 Å². The van der Waals surface area contributed by atoms with Crippen molar-refractivity contribution in [2.75, 3.05) is 0 Å². The van der Waals surface area contributed by atoms with Gasteiger partial charge in [0.15, 0.2) is 5.82 Å². The van der Waals surface area contributed by atoms with E-state index in [9.17, 15) is 0 Å². The number of hydrogen-bond donors (Lipinski definition) is 1. The predicted molar refractivity (Wildman–Crippen MR) is 62.2 cm³/mol. The van der Waals surface area contributed by atoms with Gasteiger partial charge in [-0.2, -0.15) is 10.1 Å². The number of aromatic nitrogens is 4. The van der Waals surface area contributed by atoms with Gasteiger partial charge < -0.3 is 9.84 Å². The number of nitrogens with zero attached hydrogens (tertiary/aromatic N) is 4. The maximum atomic E-state index is 5.02. The van der Waals surface area contributed by atoms with Gasteiger partial charge in [-0.1, -0.05) is 12.1 Å². The zero-order chi connectivity index (χ0) is 12.3. The molecule has 2 heterocycles. The lowest BCUT2D eigenvalue weighted by Crippen LogP contribution is -2.13. The van der Waals surface area contributed by atoms with E-state index < -0.39 is 0 Å². The summed E-state index contributed by atoms with van der Waals surface area (Å²) in [6.45, 7) is 5.26. The molecule has 0 spiro atoms. The van der Waals surface area contributed by atoms with E-state index in [1.807, 2.05) is 24.9 Å². The summed E-state index contributed by atoms with van der Waals surface area (Å²) in [6.07, 6.45) is 2.97. The average molecular weight is 235 g/mol. The quantitative estimate of drug-likeness (QED) is 0.836. The van der Waals surface area contributed by atoms with Crippen molar-refractivity contribution in [2.24, 2.45) is 7.05 Å². The van der Waals surface area contributed by atoms with Crippen molar-refractivity contribution in [1.29, 1.82) is 0 Å². The highest BCUT2D eigenvalue weighted by Gasteiger charge is 2.06. The Bertz CT molecular complexity index is 488. The second kappa shape index (κ2) is 5.09. The fraction of sp³-hybridized carbons (Fsp3) is 0.545. The lowest BCUT2D eigenvalue weighted by molar-refractivity contribution is 0.364. The lowest BCUT2D eigenvalue weighted by Gasteiger charge is -2.00. The molecule has 0 atom stereocenters. The Morgan fingerprint density at radius 2 is 2.24 bits per heavy atom. The van der Waals surface area contributed by atoms with Crippen LogP contribution in [-0.4, -0.2) is 19.9 Å². The molecule has 0 radical (unpaired) electrons. The van der Waals surface area contributed by atoms with Crippen LogP contribution in [0.1, 0.15) is 29.9 Å². The lowest BCUT2D eigenvalue weighted by atomic mass is 10.2. The Labute approximate surface area is 100 Å². The van der Waals surface area contributed by atoms with Gasteiger partial charge in [-0.3, -0.25) is 4.68 Å². The number of hydrogen-bond acceptors (Lipinski definition) is 5. The molecule has 0 aliphatic rings. The SMILES string of the molecule is CCc1nn(C)cc1CNCc1nc(C)no1. The average Bonchev–Trinajstić information content (AvgIpc) is 2.85. The topological polar surface area (TPSA) is 68.8 Å². The summed E-state index contributed by atoms with van der Waals surface area (Å²) in [5.74, 6) is 1.28. The summed E-state index contributed by atoms with van der Waals surface area (Å²) < 4.78 is 6.86. The highest BCUT2D eigenvalue weighted by molar-refractivity contribution is 5.16. The second-order valence-corrected chi connectivity index (χ2v) is 3.97. The van der Waals surface area contributed by atoms with Crippen LogP contribution in [0.15, 0.2) is 10.7 Å². The third-order valence-corrected chi connectivity index (χ3v) is 2.49. The van der Waals surface area contributed by atoms with Gasteiger partial charge >= 0.3 is 0 Å². The van der Waals surface area contributed by atoms with Gasteiger partial charge in [0, 0.05) is 25.4 Å². The standard InChI is InChI=1S/C11H17N5O/c1-4-10-9(7-16(3)14-10)5-12-6-11-13-8(2)15-17-11/h7,12H,4-6H2,1-3H3. The highest BCUT2D eigenvalue weighted by Crippen LogP contribution is 2.07.